The van der Waals surface area contributed by atoms with Gasteiger partial charge in [-0.2, -0.15) is 4.31 Å². The standard InChI is InChI=1S/C25H32ClN7O5S/c1-4-8-32-23-20(26)21(28-22(23)24-29-27-16-33(24)25(32)34)18-15-17(6-7-19(18)38-5-2)39(35,36)31-11-9-30(10-12-31)13-14-37-3/h6-7,15-16,28H,4-5,8-14H2,1-3H3. The first-order chi connectivity index (χ1) is 18.8. The number of methoxy groups -OCH3 is 1. The zero-order valence-corrected chi connectivity index (χ0v) is 23.8. The van der Waals surface area contributed by atoms with Crippen LogP contribution in [-0.4, -0.2) is 94.8 Å². The lowest BCUT2D eigenvalue weighted by atomic mass is 10.1. The fourth-order valence-electron chi connectivity index (χ4n) is 4.98. The number of sulfonamides is 1. The molecule has 14 heteroatoms. The number of nitrogens with one attached hydrogen (secondary N) is 1. The number of fused-ring (bicyclic) bond motifs is 3. The Morgan fingerprint density at radius 1 is 1.13 bits per heavy atom. The highest BCUT2D eigenvalue weighted by Gasteiger charge is 2.30. The van der Waals surface area contributed by atoms with Crippen LogP contribution in [0.4, 0.5) is 0 Å². The number of hydrogen-bond donors (Lipinski definition) is 1. The quantitative estimate of drug-likeness (QED) is 0.304. The van der Waals surface area contributed by atoms with Crippen molar-refractivity contribution in [2.24, 2.45) is 0 Å². The largest absolute Gasteiger partial charge is 0.493 e. The third kappa shape index (κ3) is 4.93. The van der Waals surface area contributed by atoms with Gasteiger partial charge < -0.3 is 14.5 Å². The normalized spacial score (nSPS) is 15.5. The fourth-order valence-corrected chi connectivity index (χ4v) is 6.77. The summed E-state index contributed by atoms with van der Waals surface area (Å²) in [6, 6.07) is 4.78. The highest BCUT2D eigenvalue weighted by Crippen LogP contribution is 2.40. The topological polar surface area (TPSA) is 127 Å². The zero-order chi connectivity index (χ0) is 27.7. The van der Waals surface area contributed by atoms with Gasteiger partial charge in [0.05, 0.1) is 34.3 Å². The van der Waals surface area contributed by atoms with Gasteiger partial charge in [-0.15, -0.1) is 10.2 Å². The van der Waals surface area contributed by atoms with E-state index in [1.165, 1.54) is 15.0 Å². The highest BCUT2D eigenvalue weighted by atomic mass is 35.5. The summed E-state index contributed by atoms with van der Waals surface area (Å²) < 4.78 is 42.8. The van der Waals surface area contributed by atoms with Gasteiger partial charge in [0, 0.05) is 51.9 Å². The summed E-state index contributed by atoms with van der Waals surface area (Å²) in [6.07, 6.45) is 2.07. The maximum atomic E-state index is 13.7. The summed E-state index contributed by atoms with van der Waals surface area (Å²) in [5.74, 6) is 0.469. The molecule has 12 nitrogen and oxygen atoms in total. The Morgan fingerprint density at radius 2 is 1.90 bits per heavy atom. The third-order valence-corrected chi connectivity index (χ3v) is 9.20. The van der Waals surface area contributed by atoms with Gasteiger partial charge in [0.2, 0.25) is 10.0 Å². The molecule has 1 aromatic carbocycles. The van der Waals surface area contributed by atoms with Gasteiger partial charge in [0.15, 0.2) is 5.65 Å². The maximum Gasteiger partial charge on any atom is 0.335 e. The lowest BCUT2D eigenvalue weighted by Gasteiger charge is -2.33. The van der Waals surface area contributed by atoms with E-state index in [0.29, 0.717) is 86.0 Å². The molecule has 4 aromatic rings. The fraction of sp³-hybridized carbons (Fsp3) is 0.480. The first-order valence-corrected chi connectivity index (χ1v) is 14.8. The molecule has 0 atom stereocenters. The number of aromatic nitrogens is 5. The van der Waals surface area contributed by atoms with E-state index in [9.17, 15) is 13.2 Å². The van der Waals surface area contributed by atoms with E-state index >= 15 is 0 Å². The van der Waals surface area contributed by atoms with Crippen molar-refractivity contribution in [2.45, 2.75) is 31.7 Å². The molecule has 0 spiro atoms. The predicted octanol–water partition coefficient (Wildman–Crippen LogP) is 2.45. The molecular weight excluding hydrogens is 546 g/mol. The second kappa shape index (κ2) is 11.3. The number of ether oxygens (including phenoxy) is 2. The molecule has 3 aromatic heterocycles. The molecule has 0 aliphatic carbocycles. The predicted molar refractivity (Wildman–Crippen MR) is 148 cm³/mol. The Morgan fingerprint density at radius 3 is 2.59 bits per heavy atom. The molecule has 1 fully saturated rings. The number of halogens is 1. The Kier molecular flexibility index (Phi) is 7.96. The minimum absolute atomic E-state index is 0.139. The van der Waals surface area contributed by atoms with Crippen LogP contribution in [0.3, 0.4) is 0 Å². The van der Waals surface area contributed by atoms with Gasteiger partial charge in [0.25, 0.3) is 0 Å². The van der Waals surface area contributed by atoms with Crippen molar-refractivity contribution in [3.8, 4) is 17.0 Å². The molecule has 0 unspecified atom stereocenters. The van der Waals surface area contributed by atoms with Crippen molar-refractivity contribution >= 4 is 38.3 Å². The second-order valence-corrected chi connectivity index (χ2v) is 11.6. The summed E-state index contributed by atoms with van der Waals surface area (Å²) in [5.41, 5.74) is 1.97. The van der Waals surface area contributed by atoms with Crippen molar-refractivity contribution in [1.29, 1.82) is 0 Å². The first kappa shape index (κ1) is 27.6. The third-order valence-electron chi connectivity index (χ3n) is 6.94. The lowest BCUT2D eigenvalue weighted by Crippen LogP contribution is -2.49. The first-order valence-electron chi connectivity index (χ1n) is 12.9. The average molecular weight is 578 g/mol. The van der Waals surface area contributed by atoms with Crippen LogP contribution in [0.1, 0.15) is 20.3 Å². The van der Waals surface area contributed by atoms with E-state index in [1.807, 2.05) is 13.8 Å². The smallest absolute Gasteiger partial charge is 0.335 e. The van der Waals surface area contributed by atoms with Crippen molar-refractivity contribution in [1.82, 2.24) is 33.4 Å². The monoisotopic (exact) mass is 577 g/mol. The summed E-state index contributed by atoms with van der Waals surface area (Å²) >= 11 is 6.94. The van der Waals surface area contributed by atoms with E-state index < -0.39 is 10.0 Å². The van der Waals surface area contributed by atoms with E-state index in [1.54, 1.807) is 29.9 Å². The molecule has 1 N–H and O–H groups in total. The van der Waals surface area contributed by atoms with Crippen LogP contribution in [0, 0.1) is 0 Å². The summed E-state index contributed by atoms with van der Waals surface area (Å²) in [4.78, 5) is 18.8. The van der Waals surface area contributed by atoms with Crippen molar-refractivity contribution < 1.29 is 17.9 Å². The molecule has 1 aliphatic heterocycles. The van der Waals surface area contributed by atoms with E-state index in [0.717, 1.165) is 6.54 Å². The zero-order valence-electron chi connectivity index (χ0n) is 22.2. The van der Waals surface area contributed by atoms with Crippen LogP contribution in [0.15, 0.2) is 34.2 Å². The van der Waals surface area contributed by atoms with Crippen LogP contribution in [-0.2, 0) is 21.3 Å². The molecule has 210 valence electrons. The van der Waals surface area contributed by atoms with E-state index in [4.69, 9.17) is 21.1 Å². The van der Waals surface area contributed by atoms with Crippen LogP contribution in [0.5, 0.6) is 5.75 Å². The molecule has 0 amide bonds. The van der Waals surface area contributed by atoms with Gasteiger partial charge in [-0.05, 0) is 31.5 Å². The van der Waals surface area contributed by atoms with Crippen LogP contribution in [0.2, 0.25) is 5.02 Å². The number of aryl methyl sites for hydroxylation is 1. The molecular formula is C25H32ClN7O5S. The number of benzene rings is 1. The number of piperazine rings is 1. The van der Waals surface area contributed by atoms with E-state index in [-0.39, 0.29) is 15.6 Å². The highest BCUT2D eigenvalue weighted by molar-refractivity contribution is 7.89. The lowest BCUT2D eigenvalue weighted by molar-refractivity contribution is 0.123. The molecule has 0 radical (unpaired) electrons. The van der Waals surface area contributed by atoms with Gasteiger partial charge in [-0.25, -0.2) is 17.6 Å². The summed E-state index contributed by atoms with van der Waals surface area (Å²) in [6.45, 7) is 8.02. The van der Waals surface area contributed by atoms with Gasteiger partial charge >= 0.3 is 5.69 Å². The Labute approximate surface area is 231 Å². The van der Waals surface area contributed by atoms with Gasteiger partial charge in [-0.1, -0.05) is 18.5 Å². The molecule has 39 heavy (non-hydrogen) atoms. The Balaban J connectivity index is 1.61. The van der Waals surface area contributed by atoms with Crippen molar-refractivity contribution in [3.05, 3.63) is 40.0 Å². The Hall–Kier alpha value is -2.97. The Bertz CT molecular complexity index is 1650. The number of aromatic amines is 1. The molecule has 1 saturated heterocycles. The molecule has 0 saturated carbocycles. The number of nitrogens with zero attached hydrogens (tertiary/aromatic N) is 6. The number of H-pyrrole nitrogens is 1. The molecule has 0 bridgehead atoms. The maximum absolute atomic E-state index is 13.7. The number of rotatable bonds is 10. The minimum Gasteiger partial charge on any atom is -0.493 e. The van der Waals surface area contributed by atoms with Gasteiger partial charge in [-0.3, -0.25) is 9.47 Å². The second-order valence-electron chi connectivity index (χ2n) is 9.33. The van der Waals surface area contributed by atoms with E-state index in [2.05, 4.69) is 20.1 Å². The van der Waals surface area contributed by atoms with Crippen LogP contribution < -0.4 is 10.4 Å². The van der Waals surface area contributed by atoms with Gasteiger partial charge in [0.1, 0.15) is 17.6 Å². The number of hydrogen-bond acceptors (Lipinski definition) is 8. The van der Waals surface area contributed by atoms with Crippen molar-refractivity contribution in [3.63, 3.8) is 0 Å². The van der Waals surface area contributed by atoms with Crippen LogP contribution >= 0.6 is 11.6 Å². The summed E-state index contributed by atoms with van der Waals surface area (Å²) in [5, 5.41) is 8.31. The minimum atomic E-state index is -3.78. The average Bonchev–Trinajstić information content (AvgIpc) is 3.56. The van der Waals surface area contributed by atoms with Crippen LogP contribution in [0.25, 0.3) is 27.9 Å². The molecule has 4 heterocycles. The summed E-state index contributed by atoms with van der Waals surface area (Å²) in [7, 11) is -2.13. The molecule has 5 rings (SSSR count). The van der Waals surface area contributed by atoms with Crippen molar-refractivity contribution in [2.75, 3.05) is 53.0 Å². The molecule has 1 aliphatic rings. The SMILES string of the molecule is CCCn1c(=O)n2cnnc2c2[nH]c(-c3cc(S(=O)(=O)N4CCN(CCOC)CC4)ccc3OCC)c(Cl)c21.